The Kier molecular flexibility index (Phi) is 4.22. The third kappa shape index (κ3) is 3.72. The molecule has 0 aliphatic carbocycles. The van der Waals surface area contributed by atoms with Crippen LogP contribution in [0.15, 0.2) is 66.7 Å². The SMILES string of the molecule is CS(=O)(=O)NC(=O)c1ccc(Oc2cccc3ccccc23)cc1. The summed E-state index contributed by atoms with van der Waals surface area (Å²) in [4.78, 5) is 11.8. The van der Waals surface area contributed by atoms with Gasteiger partial charge in [0, 0.05) is 10.9 Å². The Labute approximate surface area is 139 Å². The summed E-state index contributed by atoms with van der Waals surface area (Å²) in [6.45, 7) is 0. The summed E-state index contributed by atoms with van der Waals surface area (Å²) >= 11 is 0. The lowest BCUT2D eigenvalue weighted by molar-refractivity contribution is 0.0981. The Morgan fingerprint density at radius 1 is 0.917 bits per heavy atom. The van der Waals surface area contributed by atoms with Crippen molar-refractivity contribution in [3.05, 3.63) is 72.3 Å². The van der Waals surface area contributed by atoms with Gasteiger partial charge in [-0.15, -0.1) is 0 Å². The van der Waals surface area contributed by atoms with E-state index >= 15 is 0 Å². The van der Waals surface area contributed by atoms with Gasteiger partial charge in [-0.3, -0.25) is 4.79 Å². The van der Waals surface area contributed by atoms with Crippen molar-refractivity contribution in [2.75, 3.05) is 6.26 Å². The first-order chi connectivity index (χ1) is 11.4. The maximum absolute atomic E-state index is 11.8. The number of hydrogen-bond acceptors (Lipinski definition) is 4. The van der Waals surface area contributed by atoms with E-state index in [2.05, 4.69) is 0 Å². The van der Waals surface area contributed by atoms with E-state index in [1.165, 1.54) is 12.1 Å². The van der Waals surface area contributed by atoms with Crippen molar-refractivity contribution in [3.8, 4) is 11.5 Å². The van der Waals surface area contributed by atoms with Crippen LogP contribution in [0.4, 0.5) is 0 Å². The highest BCUT2D eigenvalue weighted by molar-refractivity contribution is 7.89. The van der Waals surface area contributed by atoms with Gasteiger partial charge in [-0.05, 0) is 35.7 Å². The molecular weight excluding hydrogens is 326 g/mol. The highest BCUT2D eigenvalue weighted by Crippen LogP contribution is 2.29. The number of benzene rings is 3. The van der Waals surface area contributed by atoms with E-state index < -0.39 is 15.9 Å². The van der Waals surface area contributed by atoms with Gasteiger partial charge >= 0.3 is 0 Å². The largest absolute Gasteiger partial charge is 0.457 e. The quantitative estimate of drug-likeness (QED) is 0.790. The number of hydrogen-bond donors (Lipinski definition) is 1. The van der Waals surface area contributed by atoms with Gasteiger partial charge in [0.25, 0.3) is 5.91 Å². The summed E-state index contributed by atoms with van der Waals surface area (Å²) in [6.07, 6.45) is 0.933. The molecule has 122 valence electrons. The molecule has 0 unspecified atom stereocenters. The Hall–Kier alpha value is -2.86. The molecule has 0 bridgehead atoms. The molecular formula is C18H15NO4S. The Bertz CT molecular complexity index is 990. The fourth-order valence-electron chi connectivity index (χ4n) is 2.31. The van der Waals surface area contributed by atoms with Crippen LogP contribution in [0.1, 0.15) is 10.4 Å². The lowest BCUT2D eigenvalue weighted by atomic mass is 10.1. The second-order valence-corrected chi connectivity index (χ2v) is 7.06. The van der Waals surface area contributed by atoms with Crippen molar-refractivity contribution >= 4 is 26.7 Å². The minimum atomic E-state index is -3.59. The first-order valence-electron chi connectivity index (χ1n) is 7.20. The fourth-order valence-corrected chi connectivity index (χ4v) is 2.77. The molecule has 0 aliphatic heterocycles. The van der Waals surface area contributed by atoms with E-state index in [0.717, 1.165) is 17.0 Å². The molecule has 0 fully saturated rings. The molecule has 0 aromatic heterocycles. The third-order valence-electron chi connectivity index (χ3n) is 3.37. The van der Waals surface area contributed by atoms with E-state index in [9.17, 15) is 13.2 Å². The van der Waals surface area contributed by atoms with Crippen LogP contribution in [0.2, 0.25) is 0 Å². The van der Waals surface area contributed by atoms with E-state index in [4.69, 9.17) is 4.74 Å². The maximum Gasteiger partial charge on any atom is 0.264 e. The van der Waals surface area contributed by atoms with Crippen molar-refractivity contribution in [2.45, 2.75) is 0 Å². The van der Waals surface area contributed by atoms with Gasteiger partial charge in [0.2, 0.25) is 10.0 Å². The number of amides is 1. The normalized spacial score (nSPS) is 11.2. The Morgan fingerprint density at radius 2 is 1.58 bits per heavy atom. The van der Waals surface area contributed by atoms with Gasteiger partial charge < -0.3 is 4.74 Å². The molecule has 0 atom stereocenters. The maximum atomic E-state index is 11.8. The van der Waals surface area contributed by atoms with Gasteiger partial charge in [-0.1, -0.05) is 36.4 Å². The summed E-state index contributed by atoms with van der Waals surface area (Å²) in [6, 6.07) is 19.9. The first-order valence-corrected chi connectivity index (χ1v) is 9.09. The van der Waals surface area contributed by atoms with E-state index in [1.54, 1.807) is 12.1 Å². The third-order valence-corrected chi connectivity index (χ3v) is 3.93. The number of fused-ring (bicyclic) bond motifs is 1. The summed E-state index contributed by atoms with van der Waals surface area (Å²) in [7, 11) is -3.59. The predicted octanol–water partition coefficient (Wildman–Crippen LogP) is 3.32. The molecule has 0 spiro atoms. The summed E-state index contributed by atoms with van der Waals surface area (Å²) in [5.41, 5.74) is 0.241. The van der Waals surface area contributed by atoms with Gasteiger partial charge in [0.15, 0.2) is 0 Å². The molecule has 0 aliphatic rings. The molecule has 0 saturated carbocycles. The molecule has 3 rings (SSSR count). The fraction of sp³-hybridized carbons (Fsp3) is 0.0556. The number of ether oxygens (including phenoxy) is 1. The number of carbonyl (C=O) groups excluding carboxylic acids is 1. The minimum Gasteiger partial charge on any atom is -0.457 e. The zero-order valence-corrected chi connectivity index (χ0v) is 13.7. The zero-order chi connectivity index (χ0) is 17.2. The lowest BCUT2D eigenvalue weighted by Crippen LogP contribution is -2.29. The molecule has 0 saturated heterocycles. The highest BCUT2D eigenvalue weighted by Gasteiger charge is 2.11. The van der Waals surface area contributed by atoms with Crippen molar-refractivity contribution < 1.29 is 17.9 Å². The number of sulfonamides is 1. The van der Waals surface area contributed by atoms with Crippen molar-refractivity contribution in [1.29, 1.82) is 0 Å². The number of rotatable bonds is 4. The molecule has 1 amide bonds. The lowest BCUT2D eigenvalue weighted by Gasteiger charge is -2.09. The van der Waals surface area contributed by atoms with Crippen molar-refractivity contribution in [3.63, 3.8) is 0 Å². The Morgan fingerprint density at radius 3 is 2.29 bits per heavy atom. The van der Waals surface area contributed by atoms with Crippen LogP contribution in [0.25, 0.3) is 10.8 Å². The number of nitrogens with one attached hydrogen (secondary N) is 1. The van der Waals surface area contributed by atoms with Crippen LogP contribution in [0.3, 0.4) is 0 Å². The highest BCUT2D eigenvalue weighted by atomic mass is 32.2. The molecule has 0 heterocycles. The molecule has 24 heavy (non-hydrogen) atoms. The molecule has 3 aromatic rings. The molecule has 1 N–H and O–H groups in total. The molecule has 3 aromatic carbocycles. The summed E-state index contributed by atoms with van der Waals surface area (Å²) < 4.78 is 30.0. The predicted molar refractivity (Wildman–Crippen MR) is 92.8 cm³/mol. The van der Waals surface area contributed by atoms with E-state index in [1.807, 2.05) is 47.2 Å². The summed E-state index contributed by atoms with van der Waals surface area (Å²) in [5.74, 6) is 0.595. The standard InChI is InChI=1S/C18H15NO4S/c1-24(21,22)19-18(20)14-9-11-15(12-10-14)23-17-8-4-6-13-5-2-3-7-16(13)17/h2-12H,1H3,(H,19,20). The first kappa shape index (κ1) is 16.0. The van der Waals surface area contributed by atoms with Crippen LogP contribution in [-0.2, 0) is 10.0 Å². The van der Waals surface area contributed by atoms with Crippen molar-refractivity contribution in [1.82, 2.24) is 4.72 Å². The second-order valence-electron chi connectivity index (χ2n) is 5.31. The van der Waals surface area contributed by atoms with Gasteiger partial charge in [0.1, 0.15) is 11.5 Å². The molecule has 6 heteroatoms. The minimum absolute atomic E-state index is 0.241. The van der Waals surface area contributed by atoms with E-state index in [0.29, 0.717) is 11.5 Å². The topological polar surface area (TPSA) is 72.5 Å². The number of carbonyl (C=O) groups is 1. The average molecular weight is 341 g/mol. The second kappa shape index (κ2) is 6.33. The van der Waals surface area contributed by atoms with Gasteiger partial charge in [-0.25, -0.2) is 13.1 Å². The summed E-state index contributed by atoms with van der Waals surface area (Å²) in [5, 5.41) is 2.05. The van der Waals surface area contributed by atoms with Gasteiger partial charge in [0.05, 0.1) is 6.26 Å². The molecule has 0 radical (unpaired) electrons. The monoisotopic (exact) mass is 341 g/mol. The Balaban J connectivity index is 1.82. The van der Waals surface area contributed by atoms with Crippen LogP contribution < -0.4 is 9.46 Å². The zero-order valence-electron chi connectivity index (χ0n) is 12.9. The van der Waals surface area contributed by atoms with Gasteiger partial charge in [-0.2, -0.15) is 0 Å². The van der Waals surface area contributed by atoms with Crippen LogP contribution in [0.5, 0.6) is 11.5 Å². The van der Waals surface area contributed by atoms with Crippen LogP contribution in [0, 0.1) is 0 Å². The van der Waals surface area contributed by atoms with Crippen LogP contribution >= 0.6 is 0 Å². The van der Waals surface area contributed by atoms with E-state index in [-0.39, 0.29) is 5.56 Å². The van der Waals surface area contributed by atoms with Crippen molar-refractivity contribution in [2.24, 2.45) is 0 Å². The average Bonchev–Trinajstić information content (AvgIpc) is 2.54. The molecule has 5 nitrogen and oxygen atoms in total. The van der Waals surface area contributed by atoms with Crippen LogP contribution in [-0.4, -0.2) is 20.6 Å². The smallest absolute Gasteiger partial charge is 0.264 e.